The zero-order valence-corrected chi connectivity index (χ0v) is 22.0. The lowest BCUT2D eigenvalue weighted by atomic mass is 9.97. The molecule has 0 unspecified atom stereocenters. The number of urea groups is 1. The maximum atomic E-state index is 13.0. The highest BCUT2D eigenvalue weighted by atomic mass is 16.5. The van der Waals surface area contributed by atoms with Gasteiger partial charge < -0.3 is 25.0 Å². The molecule has 0 bridgehead atoms. The van der Waals surface area contributed by atoms with E-state index in [1.54, 1.807) is 24.3 Å². The molecule has 0 aliphatic rings. The number of aliphatic hydroxyl groups is 1. The molecule has 0 aliphatic carbocycles. The van der Waals surface area contributed by atoms with Gasteiger partial charge in [0.15, 0.2) is 0 Å². The summed E-state index contributed by atoms with van der Waals surface area (Å²) < 4.78 is 5.44. The number of nitrogens with zero attached hydrogens (tertiary/aromatic N) is 2. The van der Waals surface area contributed by atoms with Gasteiger partial charge >= 0.3 is 6.03 Å². The van der Waals surface area contributed by atoms with Gasteiger partial charge in [-0.3, -0.25) is 9.69 Å². The van der Waals surface area contributed by atoms with E-state index in [1.807, 2.05) is 19.9 Å². The Hall–Kier alpha value is -3.36. The molecule has 0 atom stereocenters. The lowest BCUT2D eigenvalue weighted by Crippen LogP contribution is -2.38. The molecule has 0 radical (unpaired) electrons. The summed E-state index contributed by atoms with van der Waals surface area (Å²) in [4.78, 5) is 32.8. The molecule has 0 fully saturated rings. The SMILES string of the molecule is CCOc1ccc(NC(=O)N(CCO)Cc2cc3cc(C)c(CN(CC)CC)c(C)c3[nH]c2=O)cc1. The van der Waals surface area contributed by atoms with Crippen LogP contribution in [0.25, 0.3) is 10.9 Å². The maximum absolute atomic E-state index is 13.0. The molecule has 2 aromatic carbocycles. The predicted octanol–water partition coefficient (Wildman–Crippen LogP) is 4.41. The summed E-state index contributed by atoms with van der Waals surface area (Å²) in [6, 6.07) is 10.6. The van der Waals surface area contributed by atoms with E-state index >= 15 is 0 Å². The van der Waals surface area contributed by atoms with Crippen LogP contribution in [0.3, 0.4) is 0 Å². The number of benzene rings is 2. The van der Waals surface area contributed by atoms with Crippen LogP contribution in [-0.2, 0) is 13.1 Å². The van der Waals surface area contributed by atoms with Gasteiger partial charge in [0.25, 0.3) is 5.56 Å². The highest BCUT2D eigenvalue weighted by Crippen LogP contribution is 2.25. The zero-order chi connectivity index (χ0) is 26.2. The zero-order valence-electron chi connectivity index (χ0n) is 22.0. The minimum Gasteiger partial charge on any atom is -0.494 e. The summed E-state index contributed by atoms with van der Waals surface area (Å²) >= 11 is 0. The molecule has 8 heteroatoms. The van der Waals surface area contributed by atoms with E-state index in [2.05, 4.69) is 42.0 Å². The quantitative estimate of drug-likeness (QED) is 0.367. The van der Waals surface area contributed by atoms with Gasteiger partial charge in [0.1, 0.15) is 5.75 Å². The van der Waals surface area contributed by atoms with Crippen LogP contribution in [0.4, 0.5) is 10.5 Å². The lowest BCUT2D eigenvalue weighted by Gasteiger charge is -2.23. The Morgan fingerprint density at radius 3 is 2.36 bits per heavy atom. The summed E-state index contributed by atoms with van der Waals surface area (Å²) in [6.07, 6.45) is 0. The molecule has 0 spiro atoms. The number of aryl methyl sites for hydroxylation is 2. The number of ether oxygens (including phenoxy) is 1. The fourth-order valence-corrected chi connectivity index (χ4v) is 4.40. The molecule has 1 aromatic heterocycles. The minimum absolute atomic E-state index is 0.0774. The number of rotatable bonds is 11. The number of anilines is 1. The van der Waals surface area contributed by atoms with Crippen LogP contribution in [0.2, 0.25) is 0 Å². The molecule has 36 heavy (non-hydrogen) atoms. The Morgan fingerprint density at radius 2 is 1.75 bits per heavy atom. The summed E-state index contributed by atoms with van der Waals surface area (Å²) in [7, 11) is 0. The molecule has 3 aromatic rings. The van der Waals surface area contributed by atoms with E-state index in [0.717, 1.165) is 41.9 Å². The van der Waals surface area contributed by atoms with Crippen LogP contribution in [0, 0.1) is 13.8 Å². The molecule has 3 rings (SSSR count). The normalized spacial score (nSPS) is 11.2. The second-order valence-corrected chi connectivity index (χ2v) is 8.88. The van der Waals surface area contributed by atoms with Crippen LogP contribution < -0.4 is 15.6 Å². The standard InChI is InChI=1S/C28H38N4O4/c1-6-31(7-2)18-25-19(4)15-21-16-22(27(34)30-26(21)20(25)5)17-32(13-14-33)28(35)29-23-9-11-24(12-10-23)36-8-3/h9-12,15-16,33H,6-8,13-14,17-18H2,1-5H3,(H,29,35)(H,30,34). The number of amides is 2. The largest absolute Gasteiger partial charge is 0.494 e. The number of aromatic nitrogens is 1. The summed E-state index contributed by atoms with van der Waals surface area (Å²) in [5, 5.41) is 13.3. The Morgan fingerprint density at radius 1 is 1.06 bits per heavy atom. The Labute approximate surface area is 212 Å². The van der Waals surface area contributed by atoms with Crippen molar-refractivity contribution in [1.29, 1.82) is 0 Å². The fourth-order valence-electron chi connectivity index (χ4n) is 4.40. The average molecular weight is 495 g/mol. The summed E-state index contributed by atoms with van der Waals surface area (Å²) in [5.74, 6) is 0.719. The highest BCUT2D eigenvalue weighted by Gasteiger charge is 2.18. The molecule has 0 saturated heterocycles. The van der Waals surface area contributed by atoms with Crippen molar-refractivity contribution < 1.29 is 14.6 Å². The Kier molecular flexibility index (Phi) is 9.50. The maximum Gasteiger partial charge on any atom is 0.322 e. The van der Waals surface area contributed by atoms with E-state index in [-0.39, 0.29) is 25.3 Å². The second kappa shape index (κ2) is 12.6. The first-order valence-corrected chi connectivity index (χ1v) is 12.6. The number of pyridine rings is 1. The monoisotopic (exact) mass is 494 g/mol. The number of nitrogens with one attached hydrogen (secondary N) is 2. The molecule has 2 amide bonds. The number of H-pyrrole nitrogens is 1. The van der Waals surface area contributed by atoms with Gasteiger partial charge in [-0.2, -0.15) is 0 Å². The first-order valence-electron chi connectivity index (χ1n) is 12.6. The number of aromatic amines is 1. The number of hydrogen-bond donors (Lipinski definition) is 3. The molecule has 0 aliphatic heterocycles. The van der Waals surface area contributed by atoms with Crippen molar-refractivity contribution in [2.45, 2.75) is 47.7 Å². The number of hydrogen-bond acceptors (Lipinski definition) is 5. The third kappa shape index (κ3) is 6.44. The van der Waals surface area contributed by atoms with Crippen molar-refractivity contribution in [2.75, 3.05) is 38.2 Å². The van der Waals surface area contributed by atoms with Gasteiger partial charge in [0.05, 0.1) is 25.3 Å². The molecular weight excluding hydrogens is 456 g/mol. The third-order valence-electron chi connectivity index (χ3n) is 6.54. The molecule has 1 heterocycles. The van der Waals surface area contributed by atoms with Gasteiger partial charge in [-0.25, -0.2) is 4.79 Å². The number of fused-ring (bicyclic) bond motifs is 1. The van der Waals surface area contributed by atoms with Crippen LogP contribution in [0.15, 0.2) is 41.2 Å². The van der Waals surface area contributed by atoms with E-state index in [4.69, 9.17) is 4.74 Å². The number of carbonyl (C=O) groups is 1. The molecule has 3 N–H and O–H groups in total. The Balaban J connectivity index is 1.86. The van der Waals surface area contributed by atoms with Crippen molar-refractivity contribution in [2.24, 2.45) is 0 Å². The molecule has 0 saturated carbocycles. The van der Waals surface area contributed by atoms with Gasteiger partial charge in [0.2, 0.25) is 0 Å². The smallest absolute Gasteiger partial charge is 0.322 e. The van der Waals surface area contributed by atoms with Crippen molar-refractivity contribution >= 4 is 22.6 Å². The second-order valence-electron chi connectivity index (χ2n) is 8.88. The van der Waals surface area contributed by atoms with Crippen LogP contribution in [0.5, 0.6) is 5.75 Å². The van der Waals surface area contributed by atoms with Gasteiger partial charge in [-0.05, 0) is 92.3 Å². The van der Waals surface area contributed by atoms with E-state index in [1.165, 1.54) is 16.0 Å². The van der Waals surface area contributed by atoms with Crippen molar-refractivity contribution in [3.8, 4) is 5.75 Å². The van der Waals surface area contributed by atoms with Crippen molar-refractivity contribution in [3.05, 3.63) is 69.0 Å². The van der Waals surface area contributed by atoms with Gasteiger partial charge in [-0.1, -0.05) is 13.8 Å². The predicted molar refractivity (Wildman–Crippen MR) is 145 cm³/mol. The van der Waals surface area contributed by atoms with Gasteiger partial charge in [0, 0.05) is 24.3 Å². The topological polar surface area (TPSA) is 97.9 Å². The highest BCUT2D eigenvalue weighted by molar-refractivity contribution is 5.89. The first kappa shape index (κ1) is 27.2. The van der Waals surface area contributed by atoms with E-state index in [0.29, 0.717) is 17.9 Å². The van der Waals surface area contributed by atoms with E-state index < -0.39 is 6.03 Å². The van der Waals surface area contributed by atoms with Crippen LogP contribution in [0.1, 0.15) is 43.0 Å². The molecule has 194 valence electrons. The number of carbonyl (C=O) groups excluding carboxylic acids is 1. The van der Waals surface area contributed by atoms with E-state index in [9.17, 15) is 14.7 Å². The first-order chi connectivity index (χ1) is 17.3. The van der Waals surface area contributed by atoms with Crippen LogP contribution >= 0.6 is 0 Å². The fraction of sp³-hybridized carbons (Fsp3) is 0.429. The lowest BCUT2D eigenvalue weighted by molar-refractivity contribution is 0.185. The summed E-state index contributed by atoms with van der Waals surface area (Å²) in [6.45, 7) is 13.6. The third-order valence-corrected chi connectivity index (χ3v) is 6.54. The number of aliphatic hydroxyl groups excluding tert-OH is 1. The minimum atomic E-state index is -0.394. The van der Waals surface area contributed by atoms with Gasteiger partial charge in [-0.15, -0.1) is 0 Å². The van der Waals surface area contributed by atoms with Crippen molar-refractivity contribution in [3.63, 3.8) is 0 Å². The average Bonchev–Trinajstić information content (AvgIpc) is 2.86. The summed E-state index contributed by atoms with van der Waals surface area (Å²) in [5.41, 5.74) is 5.13. The molecular formula is C28H38N4O4. The molecule has 8 nitrogen and oxygen atoms in total. The Bertz CT molecular complexity index is 1230. The van der Waals surface area contributed by atoms with Crippen molar-refractivity contribution in [1.82, 2.24) is 14.8 Å². The van der Waals surface area contributed by atoms with Crippen LogP contribution in [-0.4, -0.2) is 58.8 Å².